The number of amides is 1. The highest BCUT2D eigenvalue weighted by atomic mass is 16.5. The number of nitrogens with one attached hydrogen (secondary N) is 1. The van der Waals surface area contributed by atoms with Gasteiger partial charge in [-0.15, -0.1) is 6.58 Å². The lowest BCUT2D eigenvalue weighted by Gasteiger charge is -2.10. The van der Waals surface area contributed by atoms with Crippen LogP contribution in [0, 0.1) is 0 Å². The van der Waals surface area contributed by atoms with Gasteiger partial charge in [0.05, 0.1) is 31.7 Å². The number of imidazole rings is 1. The van der Waals surface area contributed by atoms with Crippen molar-refractivity contribution in [2.24, 2.45) is 0 Å². The van der Waals surface area contributed by atoms with Crippen LogP contribution < -0.4 is 14.8 Å². The molecule has 1 N–H and O–H groups in total. The third-order valence-corrected chi connectivity index (χ3v) is 4.76. The van der Waals surface area contributed by atoms with Gasteiger partial charge in [0.1, 0.15) is 5.82 Å². The van der Waals surface area contributed by atoms with Crippen molar-refractivity contribution in [2.45, 2.75) is 25.8 Å². The monoisotopic (exact) mass is 393 g/mol. The summed E-state index contributed by atoms with van der Waals surface area (Å²) >= 11 is 0. The Morgan fingerprint density at radius 3 is 2.72 bits per heavy atom. The number of fused-ring (bicyclic) bond motifs is 1. The number of benzene rings is 2. The van der Waals surface area contributed by atoms with Crippen LogP contribution >= 0.6 is 0 Å². The summed E-state index contributed by atoms with van der Waals surface area (Å²) in [6.45, 7) is 5.17. The summed E-state index contributed by atoms with van der Waals surface area (Å²) in [6, 6.07) is 13.6. The fourth-order valence-electron chi connectivity index (χ4n) is 3.36. The third kappa shape index (κ3) is 4.96. The van der Waals surface area contributed by atoms with Gasteiger partial charge in [-0.1, -0.05) is 24.3 Å². The Bertz CT molecular complexity index is 994. The number of nitrogens with zero attached hydrogens (tertiary/aromatic N) is 2. The zero-order valence-corrected chi connectivity index (χ0v) is 17.0. The van der Waals surface area contributed by atoms with E-state index in [1.165, 1.54) is 0 Å². The van der Waals surface area contributed by atoms with E-state index >= 15 is 0 Å². The van der Waals surface area contributed by atoms with Crippen LogP contribution in [0.15, 0.2) is 55.1 Å². The molecule has 0 fully saturated rings. The lowest BCUT2D eigenvalue weighted by atomic mass is 10.1. The largest absolute Gasteiger partial charge is 0.493 e. The summed E-state index contributed by atoms with van der Waals surface area (Å²) in [5.41, 5.74) is 2.98. The van der Waals surface area contributed by atoms with Crippen LogP contribution in [0.2, 0.25) is 0 Å². The van der Waals surface area contributed by atoms with E-state index in [0.717, 1.165) is 41.8 Å². The first-order valence-corrected chi connectivity index (χ1v) is 9.69. The zero-order valence-electron chi connectivity index (χ0n) is 17.0. The van der Waals surface area contributed by atoms with Crippen molar-refractivity contribution < 1.29 is 14.3 Å². The second-order valence-electron chi connectivity index (χ2n) is 6.74. The SMILES string of the molecule is C=CCn1c(CCCNC(=O)Cc2ccc(OC)c(OC)c2)nc2ccccc21. The molecule has 152 valence electrons. The van der Waals surface area contributed by atoms with Crippen molar-refractivity contribution in [1.29, 1.82) is 0 Å². The van der Waals surface area contributed by atoms with E-state index in [2.05, 4.69) is 22.5 Å². The van der Waals surface area contributed by atoms with Gasteiger partial charge in [0.15, 0.2) is 11.5 Å². The van der Waals surface area contributed by atoms with E-state index in [9.17, 15) is 4.79 Å². The molecule has 0 atom stereocenters. The number of carbonyl (C=O) groups excluding carboxylic acids is 1. The van der Waals surface area contributed by atoms with Gasteiger partial charge < -0.3 is 19.4 Å². The number of aryl methyl sites for hydroxylation is 1. The maximum absolute atomic E-state index is 12.3. The lowest BCUT2D eigenvalue weighted by molar-refractivity contribution is -0.120. The smallest absolute Gasteiger partial charge is 0.224 e. The van der Waals surface area contributed by atoms with Crippen molar-refractivity contribution in [2.75, 3.05) is 20.8 Å². The highest BCUT2D eigenvalue weighted by Gasteiger charge is 2.10. The minimum Gasteiger partial charge on any atom is -0.493 e. The molecule has 0 spiro atoms. The van der Waals surface area contributed by atoms with Crippen molar-refractivity contribution in [3.63, 3.8) is 0 Å². The van der Waals surface area contributed by atoms with Crippen molar-refractivity contribution >= 4 is 16.9 Å². The molecule has 0 saturated heterocycles. The molecule has 0 aliphatic carbocycles. The number of allylic oxidation sites excluding steroid dienone is 1. The Balaban J connectivity index is 1.53. The van der Waals surface area contributed by atoms with Gasteiger partial charge in [0.2, 0.25) is 5.91 Å². The van der Waals surface area contributed by atoms with Gasteiger partial charge in [0.25, 0.3) is 0 Å². The molecule has 3 rings (SSSR count). The van der Waals surface area contributed by atoms with E-state index in [1.54, 1.807) is 14.2 Å². The molecule has 1 aromatic heterocycles. The first-order valence-electron chi connectivity index (χ1n) is 9.69. The quantitative estimate of drug-likeness (QED) is 0.423. The van der Waals surface area contributed by atoms with Gasteiger partial charge in [-0.3, -0.25) is 4.79 Å². The van der Waals surface area contributed by atoms with Crippen molar-refractivity contribution in [1.82, 2.24) is 14.9 Å². The average Bonchev–Trinajstić information content (AvgIpc) is 3.09. The number of hydrogen-bond acceptors (Lipinski definition) is 4. The van der Waals surface area contributed by atoms with E-state index in [1.807, 2.05) is 42.5 Å². The minimum atomic E-state index is -0.0168. The molecule has 0 aliphatic heterocycles. The Hall–Kier alpha value is -3.28. The first kappa shape index (κ1) is 20.5. The highest BCUT2D eigenvalue weighted by molar-refractivity contribution is 5.78. The van der Waals surface area contributed by atoms with E-state index < -0.39 is 0 Å². The lowest BCUT2D eigenvalue weighted by Crippen LogP contribution is -2.26. The maximum Gasteiger partial charge on any atom is 0.224 e. The van der Waals surface area contributed by atoms with Gasteiger partial charge in [-0.25, -0.2) is 4.98 Å². The predicted octanol–water partition coefficient (Wildman–Crippen LogP) is 3.53. The second-order valence-corrected chi connectivity index (χ2v) is 6.74. The fourth-order valence-corrected chi connectivity index (χ4v) is 3.36. The van der Waals surface area contributed by atoms with Crippen molar-refractivity contribution in [3.05, 3.63) is 66.5 Å². The molecule has 0 saturated carbocycles. The van der Waals surface area contributed by atoms with Crippen LogP contribution in [-0.2, 0) is 24.2 Å². The number of methoxy groups -OCH3 is 2. The molecule has 0 bridgehead atoms. The molecular formula is C23H27N3O3. The standard InChI is InChI=1S/C23H27N3O3/c1-4-14-26-19-9-6-5-8-18(19)25-22(26)10-7-13-24-23(27)16-17-11-12-20(28-2)21(15-17)29-3/h4-6,8-9,11-12,15H,1,7,10,13-14,16H2,2-3H3,(H,24,27). The minimum absolute atomic E-state index is 0.0168. The predicted molar refractivity (Wildman–Crippen MR) is 115 cm³/mol. The molecule has 2 aromatic carbocycles. The summed E-state index contributed by atoms with van der Waals surface area (Å²) in [6.07, 6.45) is 3.79. The van der Waals surface area contributed by atoms with Gasteiger partial charge in [-0.2, -0.15) is 0 Å². The Morgan fingerprint density at radius 2 is 1.97 bits per heavy atom. The van der Waals surface area contributed by atoms with Crippen LogP contribution in [0.5, 0.6) is 11.5 Å². The molecular weight excluding hydrogens is 366 g/mol. The molecule has 3 aromatic rings. The number of rotatable bonds is 10. The number of ether oxygens (including phenoxy) is 2. The molecule has 0 unspecified atom stereocenters. The van der Waals surface area contributed by atoms with Crippen LogP contribution in [-0.4, -0.2) is 36.2 Å². The van der Waals surface area contributed by atoms with Gasteiger partial charge in [-0.05, 0) is 36.2 Å². The maximum atomic E-state index is 12.3. The Labute approximate surface area is 171 Å². The Morgan fingerprint density at radius 1 is 1.17 bits per heavy atom. The second kappa shape index (κ2) is 9.78. The summed E-state index contributed by atoms with van der Waals surface area (Å²) < 4.78 is 12.7. The van der Waals surface area contributed by atoms with Gasteiger partial charge >= 0.3 is 0 Å². The molecule has 1 amide bonds. The number of hydrogen-bond donors (Lipinski definition) is 1. The molecule has 29 heavy (non-hydrogen) atoms. The summed E-state index contributed by atoms with van der Waals surface area (Å²) in [5.74, 6) is 2.27. The molecule has 0 radical (unpaired) electrons. The first-order chi connectivity index (χ1) is 14.2. The number of aromatic nitrogens is 2. The van der Waals surface area contributed by atoms with Crippen LogP contribution in [0.1, 0.15) is 17.8 Å². The van der Waals surface area contributed by atoms with Crippen LogP contribution in [0.25, 0.3) is 11.0 Å². The fraction of sp³-hybridized carbons (Fsp3) is 0.304. The normalized spacial score (nSPS) is 10.7. The average molecular weight is 393 g/mol. The Kier molecular flexibility index (Phi) is 6.89. The molecule has 6 heteroatoms. The number of carbonyl (C=O) groups is 1. The summed E-state index contributed by atoms with van der Waals surface area (Å²) in [4.78, 5) is 17.0. The number of para-hydroxylation sites is 2. The third-order valence-electron chi connectivity index (χ3n) is 4.76. The summed E-state index contributed by atoms with van der Waals surface area (Å²) in [7, 11) is 3.18. The topological polar surface area (TPSA) is 65.4 Å². The van der Waals surface area contributed by atoms with E-state index in [4.69, 9.17) is 14.5 Å². The van der Waals surface area contributed by atoms with Crippen molar-refractivity contribution in [3.8, 4) is 11.5 Å². The van der Waals surface area contributed by atoms with E-state index in [0.29, 0.717) is 24.5 Å². The van der Waals surface area contributed by atoms with E-state index in [-0.39, 0.29) is 5.91 Å². The van der Waals surface area contributed by atoms with Crippen LogP contribution in [0.3, 0.4) is 0 Å². The molecule has 0 aliphatic rings. The van der Waals surface area contributed by atoms with Gasteiger partial charge in [0, 0.05) is 19.5 Å². The van der Waals surface area contributed by atoms with Crippen LogP contribution in [0.4, 0.5) is 0 Å². The highest BCUT2D eigenvalue weighted by Crippen LogP contribution is 2.27. The molecule has 1 heterocycles. The summed E-state index contributed by atoms with van der Waals surface area (Å²) in [5, 5.41) is 2.98. The molecule has 6 nitrogen and oxygen atoms in total. The zero-order chi connectivity index (χ0) is 20.6.